The molecule has 1 aromatic carbocycles. The van der Waals surface area contributed by atoms with Crippen LogP contribution in [0.5, 0.6) is 11.5 Å². The van der Waals surface area contributed by atoms with E-state index in [9.17, 15) is 0 Å². The molecule has 0 spiro atoms. The Morgan fingerprint density at radius 1 is 1.28 bits per heavy atom. The molecule has 0 fully saturated rings. The van der Waals surface area contributed by atoms with E-state index in [-0.39, 0.29) is 0 Å². The van der Waals surface area contributed by atoms with Gasteiger partial charge in [0.25, 0.3) is 0 Å². The van der Waals surface area contributed by atoms with Gasteiger partial charge >= 0.3 is 0 Å². The SMILES string of the molecule is c1nc(CCNCc2ccc3c(c2)OCO3)cs1. The number of rotatable bonds is 5. The number of hydrogen-bond donors (Lipinski definition) is 1. The number of fused-ring (bicyclic) bond motifs is 1. The molecule has 1 N–H and O–H groups in total. The lowest BCUT2D eigenvalue weighted by Crippen LogP contribution is -2.16. The monoisotopic (exact) mass is 262 g/mol. The maximum atomic E-state index is 5.35. The first-order chi connectivity index (χ1) is 8.92. The number of ether oxygens (including phenoxy) is 2. The van der Waals surface area contributed by atoms with E-state index in [4.69, 9.17) is 9.47 Å². The van der Waals surface area contributed by atoms with Gasteiger partial charge in [-0.3, -0.25) is 0 Å². The van der Waals surface area contributed by atoms with E-state index in [1.807, 2.05) is 17.6 Å². The van der Waals surface area contributed by atoms with E-state index in [1.165, 1.54) is 5.56 Å². The largest absolute Gasteiger partial charge is 0.454 e. The Morgan fingerprint density at radius 3 is 3.11 bits per heavy atom. The van der Waals surface area contributed by atoms with E-state index in [1.54, 1.807) is 11.3 Å². The van der Waals surface area contributed by atoms with Crippen molar-refractivity contribution in [3.8, 4) is 11.5 Å². The predicted octanol–water partition coefficient (Wildman–Crippen LogP) is 2.20. The van der Waals surface area contributed by atoms with Crippen molar-refractivity contribution in [2.24, 2.45) is 0 Å². The van der Waals surface area contributed by atoms with Crippen LogP contribution in [0.3, 0.4) is 0 Å². The molecule has 1 aromatic heterocycles. The van der Waals surface area contributed by atoms with Gasteiger partial charge in [-0.15, -0.1) is 11.3 Å². The normalized spacial score (nSPS) is 12.9. The molecule has 94 valence electrons. The molecular weight excluding hydrogens is 248 g/mol. The Hall–Kier alpha value is -1.59. The van der Waals surface area contributed by atoms with Crippen molar-refractivity contribution in [3.05, 3.63) is 40.3 Å². The Kier molecular flexibility index (Phi) is 3.43. The second kappa shape index (κ2) is 5.37. The third-order valence-corrected chi connectivity index (χ3v) is 3.44. The fourth-order valence-electron chi connectivity index (χ4n) is 1.86. The number of nitrogens with zero attached hydrogens (tertiary/aromatic N) is 1. The van der Waals surface area contributed by atoms with E-state index in [2.05, 4.69) is 21.7 Å². The van der Waals surface area contributed by atoms with Crippen molar-refractivity contribution >= 4 is 11.3 Å². The van der Waals surface area contributed by atoms with Gasteiger partial charge in [-0.2, -0.15) is 0 Å². The second-order valence-electron chi connectivity index (χ2n) is 4.09. The third kappa shape index (κ3) is 2.63. The molecule has 0 saturated carbocycles. The van der Waals surface area contributed by atoms with Gasteiger partial charge < -0.3 is 14.8 Å². The average molecular weight is 262 g/mol. The van der Waals surface area contributed by atoms with Gasteiger partial charge in [-0.1, -0.05) is 6.07 Å². The van der Waals surface area contributed by atoms with E-state index >= 15 is 0 Å². The van der Waals surface area contributed by atoms with Crippen LogP contribution in [0, 0.1) is 0 Å². The minimum Gasteiger partial charge on any atom is -0.454 e. The minimum atomic E-state index is 0.329. The summed E-state index contributed by atoms with van der Waals surface area (Å²) in [5.41, 5.74) is 4.23. The highest BCUT2D eigenvalue weighted by Gasteiger charge is 2.12. The van der Waals surface area contributed by atoms with Crippen LogP contribution >= 0.6 is 11.3 Å². The van der Waals surface area contributed by atoms with Crippen molar-refractivity contribution in [1.29, 1.82) is 0 Å². The topological polar surface area (TPSA) is 43.4 Å². The highest BCUT2D eigenvalue weighted by molar-refractivity contribution is 7.07. The summed E-state index contributed by atoms with van der Waals surface area (Å²) in [7, 11) is 0. The van der Waals surface area contributed by atoms with Crippen molar-refractivity contribution in [1.82, 2.24) is 10.3 Å². The van der Waals surface area contributed by atoms with Crippen LogP contribution in [-0.2, 0) is 13.0 Å². The molecule has 0 amide bonds. The van der Waals surface area contributed by atoms with Crippen LogP contribution in [0.1, 0.15) is 11.3 Å². The smallest absolute Gasteiger partial charge is 0.231 e. The van der Waals surface area contributed by atoms with Crippen LogP contribution < -0.4 is 14.8 Å². The number of nitrogens with one attached hydrogen (secondary N) is 1. The van der Waals surface area contributed by atoms with Crippen LogP contribution in [0.2, 0.25) is 0 Å². The van der Waals surface area contributed by atoms with Crippen molar-refractivity contribution in [3.63, 3.8) is 0 Å². The van der Waals surface area contributed by atoms with Gasteiger partial charge in [0.05, 0.1) is 11.2 Å². The highest BCUT2D eigenvalue weighted by Crippen LogP contribution is 2.32. The number of hydrogen-bond acceptors (Lipinski definition) is 5. The molecule has 0 bridgehead atoms. The molecular formula is C13H14N2O2S. The lowest BCUT2D eigenvalue weighted by molar-refractivity contribution is 0.174. The summed E-state index contributed by atoms with van der Waals surface area (Å²) < 4.78 is 10.6. The number of thiazole rings is 1. The first-order valence-corrected chi connectivity index (χ1v) is 6.82. The highest BCUT2D eigenvalue weighted by atomic mass is 32.1. The molecule has 18 heavy (non-hydrogen) atoms. The van der Waals surface area contributed by atoms with Crippen molar-refractivity contribution in [2.75, 3.05) is 13.3 Å². The molecule has 0 unspecified atom stereocenters. The average Bonchev–Trinajstić information content (AvgIpc) is 3.05. The molecule has 5 heteroatoms. The van der Waals surface area contributed by atoms with Crippen molar-refractivity contribution in [2.45, 2.75) is 13.0 Å². The van der Waals surface area contributed by atoms with Crippen LogP contribution in [0.15, 0.2) is 29.1 Å². The number of benzene rings is 1. The third-order valence-electron chi connectivity index (χ3n) is 2.81. The molecule has 0 radical (unpaired) electrons. The van der Waals surface area contributed by atoms with E-state index in [0.717, 1.165) is 36.7 Å². The molecule has 0 saturated heterocycles. The fourth-order valence-corrected chi connectivity index (χ4v) is 2.45. The molecule has 2 aromatic rings. The first-order valence-electron chi connectivity index (χ1n) is 5.88. The predicted molar refractivity (Wildman–Crippen MR) is 70.1 cm³/mol. The molecule has 3 rings (SSSR count). The standard InChI is InChI=1S/C13H14N2O2S/c1-2-12-13(17-9-16-12)5-10(1)6-14-4-3-11-7-18-8-15-11/h1-2,5,7-8,14H,3-4,6,9H2. The lowest BCUT2D eigenvalue weighted by Gasteiger charge is -2.05. The zero-order valence-electron chi connectivity index (χ0n) is 9.89. The summed E-state index contributed by atoms with van der Waals surface area (Å²) in [5.74, 6) is 1.68. The quantitative estimate of drug-likeness (QED) is 0.839. The molecule has 4 nitrogen and oxygen atoms in total. The molecule has 1 aliphatic heterocycles. The molecule has 1 aliphatic rings. The zero-order chi connectivity index (χ0) is 12.2. The maximum Gasteiger partial charge on any atom is 0.231 e. The summed E-state index contributed by atoms with van der Waals surface area (Å²) in [6.45, 7) is 2.09. The van der Waals surface area contributed by atoms with Gasteiger partial charge in [-0.05, 0) is 17.7 Å². The Morgan fingerprint density at radius 2 is 2.22 bits per heavy atom. The summed E-state index contributed by atoms with van der Waals surface area (Å²) in [4.78, 5) is 4.25. The van der Waals surface area contributed by atoms with Crippen LogP contribution in [-0.4, -0.2) is 18.3 Å². The number of aromatic nitrogens is 1. The van der Waals surface area contributed by atoms with Gasteiger partial charge in [0, 0.05) is 24.9 Å². The van der Waals surface area contributed by atoms with Gasteiger partial charge in [-0.25, -0.2) is 4.98 Å². The lowest BCUT2D eigenvalue weighted by atomic mass is 10.2. The fraction of sp³-hybridized carbons (Fsp3) is 0.308. The van der Waals surface area contributed by atoms with Crippen LogP contribution in [0.25, 0.3) is 0 Å². The summed E-state index contributed by atoms with van der Waals surface area (Å²) in [6.07, 6.45) is 0.966. The van der Waals surface area contributed by atoms with Gasteiger partial charge in [0.1, 0.15) is 0 Å². The van der Waals surface area contributed by atoms with Crippen LogP contribution in [0.4, 0.5) is 0 Å². The van der Waals surface area contributed by atoms with E-state index < -0.39 is 0 Å². The zero-order valence-corrected chi connectivity index (χ0v) is 10.7. The Bertz CT molecular complexity index is 514. The Balaban J connectivity index is 1.48. The molecule has 0 aliphatic carbocycles. The van der Waals surface area contributed by atoms with Gasteiger partial charge in [0.15, 0.2) is 11.5 Å². The second-order valence-corrected chi connectivity index (χ2v) is 4.81. The summed E-state index contributed by atoms with van der Waals surface area (Å²) in [5, 5.41) is 5.48. The Labute approximate surface area is 110 Å². The minimum absolute atomic E-state index is 0.329. The maximum absolute atomic E-state index is 5.35. The summed E-state index contributed by atoms with van der Waals surface area (Å²) >= 11 is 1.64. The van der Waals surface area contributed by atoms with Gasteiger partial charge in [0.2, 0.25) is 6.79 Å². The first kappa shape index (κ1) is 11.5. The van der Waals surface area contributed by atoms with Crippen molar-refractivity contribution < 1.29 is 9.47 Å². The summed E-state index contributed by atoms with van der Waals surface area (Å²) in [6, 6.07) is 6.04. The van der Waals surface area contributed by atoms with E-state index in [0.29, 0.717) is 6.79 Å². The molecule has 0 atom stereocenters. The molecule has 2 heterocycles.